The summed E-state index contributed by atoms with van der Waals surface area (Å²) in [6, 6.07) is 12.2. The van der Waals surface area contributed by atoms with Crippen molar-refractivity contribution >= 4 is 23.3 Å². The number of anilines is 1. The van der Waals surface area contributed by atoms with Gasteiger partial charge in [0, 0.05) is 42.6 Å². The van der Waals surface area contributed by atoms with Gasteiger partial charge in [-0.2, -0.15) is 5.10 Å². The Hall–Kier alpha value is -3.23. The SMILES string of the molecule is Cc1cc(=O)c(C(=O)NCc2ccnc(N3CCOCC3)c2)nn1-c1ccc(Cl)cc1. The molecule has 3 heterocycles. The van der Waals surface area contributed by atoms with E-state index in [0.717, 1.165) is 24.5 Å². The second-order valence-corrected chi connectivity index (χ2v) is 7.63. The summed E-state index contributed by atoms with van der Waals surface area (Å²) in [4.78, 5) is 31.7. The minimum atomic E-state index is -0.530. The Bertz CT molecular complexity index is 1140. The molecule has 160 valence electrons. The van der Waals surface area contributed by atoms with Gasteiger partial charge in [0.2, 0.25) is 5.43 Å². The Balaban J connectivity index is 1.50. The number of hydrogen-bond donors (Lipinski definition) is 1. The van der Waals surface area contributed by atoms with E-state index in [1.807, 2.05) is 12.1 Å². The lowest BCUT2D eigenvalue weighted by atomic mass is 10.2. The molecule has 4 rings (SSSR count). The monoisotopic (exact) mass is 439 g/mol. The van der Waals surface area contributed by atoms with E-state index in [1.54, 1.807) is 42.1 Å². The smallest absolute Gasteiger partial charge is 0.276 e. The van der Waals surface area contributed by atoms with Crippen molar-refractivity contribution in [3.8, 4) is 5.69 Å². The van der Waals surface area contributed by atoms with Gasteiger partial charge in [0.05, 0.1) is 18.9 Å². The van der Waals surface area contributed by atoms with Crippen molar-refractivity contribution in [1.29, 1.82) is 0 Å². The summed E-state index contributed by atoms with van der Waals surface area (Å²) in [6.45, 7) is 4.91. The predicted molar refractivity (Wildman–Crippen MR) is 118 cm³/mol. The fourth-order valence-corrected chi connectivity index (χ4v) is 3.48. The number of benzene rings is 1. The lowest BCUT2D eigenvalue weighted by Crippen LogP contribution is -2.36. The van der Waals surface area contributed by atoms with Crippen LogP contribution in [0.15, 0.2) is 53.5 Å². The molecule has 0 radical (unpaired) electrons. The van der Waals surface area contributed by atoms with Crippen LogP contribution in [0.2, 0.25) is 5.02 Å². The first-order chi connectivity index (χ1) is 15.0. The van der Waals surface area contributed by atoms with Gasteiger partial charge in [-0.15, -0.1) is 0 Å². The molecular weight excluding hydrogens is 418 g/mol. The maximum Gasteiger partial charge on any atom is 0.276 e. The van der Waals surface area contributed by atoms with Crippen molar-refractivity contribution in [1.82, 2.24) is 20.1 Å². The average molecular weight is 440 g/mol. The van der Waals surface area contributed by atoms with E-state index in [9.17, 15) is 9.59 Å². The minimum Gasteiger partial charge on any atom is -0.378 e. The number of amides is 1. The summed E-state index contributed by atoms with van der Waals surface area (Å²) in [5.41, 5.74) is 1.62. The zero-order chi connectivity index (χ0) is 21.8. The van der Waals surface area contributed by atoms with Crippen LogP contribution in [-0.4, -0.2) is 47.0 Å². The summed E-state index contributed by atoms with van der Waals surface area (Å²) in [5, 5.41) is 7.67. The molecule has 0 atom stereocenters. The van der Waals surface area contributed by atoms with E-state index < -0.39 is 11.3 Å². The Labute approximate surface area is 184 Å². The molecule has 0 aliphatic carbocycles. The average Bonchev–Trinajstić information content (AvgIpc) is 2.79. The molecule has 8 nitrogen and oxygen atoms in total. The summed E-state index contributed by atoms with van der Waals surface area (Å²) < 4.78 is 6.93. The summed E-state index contributed by atoms with van der Waals surface area (Å²) in [7, 11) is 0. The normalized spacial score (nSPS) is 13.8. The van der Waals surface area contributed by atoms with Crippen LogP contribution >= 0.6 is 11.6 Å². The minimum absolute atomic E-state index is 0.164. The second kappa shape index (κ2) is 9.28. The predicted octanol–water partition coefficient (Wildman–Crippen LogP) is 2.36. The lowest BCUT2D eigenvalue weighted by molar-refractivity contribution is 0.0943. The van der Waals surface area contributed by atoms with Crippen LogP contribution < -0.4 is 15.6 Å². The third-order valence-electron chi connectivity index (χ3n) is 4.99. The van der Waals surface area contributed by atoms with Crippen LogP contribution in [0.25, 0.3) is 5.69 Å². The molecule has 1 aromatic carbocycles. The molecule has 1 N–H and O–H groups in total. The Morgan fingerprint density at radius 1 is 1.16 bits per heavy atom. The maximum absolute atomic E-state index is 12.7. The topological polar surface area (TPSA) is 89.3 Å². The van der Waals surface area contributed by atoms with Crippen molar-refractivity contribution in [3.63, 3.8) is 0 Å². The molecule has 31 heavy (non-hydrogen) atoms. The van der Waals surface area contributed by atoms with Crippen LogP contribution in [0.3, 0.4) is 0 Å². The third kappa shape index (κ3) is 4.92. The number of morpholine rings is 1. The van der Waals surface area contributed by atoms with Crippen molar-refractivity contribution in [2.75, 3.05) is 31.2 Å². The number of pyridine rings is 1. The molecule has 0 bridgehead atoms. The number of rotatable bonds is 5. The van der Waals surface area contributed by atoms with Gasteiger partial charge in [0.1, 0.15) is 5.82 Å². The van der Waals surface area contributed by atoms with Gasteiger partial charge in [-0.3, -0.25) is 9.59 Å². The van der Waals surface area contributed by atoms with Gasteiger partial charge in [-0.1, -0.05) is 11.6 Å². The molecule has 3 aromatic rings. The molecule has 1 amide bonds. The van der Waals surface area contributed by atoms with E-state index in [1.165, 1.54) is 6.07 Å². The van der Waals surface area contributed by atoms with Gasteiger partial charge in [-0.25, -0.2) is 9.67 Å². The van der Waals surface area contributed by atoms with Gasteiger partial charge in [0.15, 0.2) is 5.69 Å². The first-order valence-electron chi connectivity index (χ1n) is 9.94. The largest absolute Gasteiger partial charge is 0.378 e. The summed E-state index contributed by atoms with van der Waals surface area (Å²) in [5.74, 6) is 0.311. The van der Waals surface area contributed by atoms with Gasteiger partial charge in [-0.05, 0) is 48.9 Å². The Kier molecular flexibility index (Phi) is 6.29. The fraction of sp³-hybridized carbons (Fsp3) is 0.273. The molecule has 1 aliphatic heterocycles. The summed E-state index contributed by atoms with van der Waals surface area (Å²) in [6.07, 6.45) is 1.71. The second-order valence-electron chi connectivity index (χ2n) is 7.19. The number of aryl methyl sites for hydroxylation is 1. The number of nitrogens with zero attached hydrogens (tertiary/aromatic N) is 4. The number of halogens is 1. The number of carbonyl (C=O) groups is 1. The van der Waals surface area contributed by atoms with Crippen molar-refractivity contribution in [3.05, 3.63) is 80.9 Å². The maximum atomic E-state index is 12.7. The highest BCUT2D eigenvalue weighted by Crippen LogP contribution is 2.15. The van der Waals surface area contributed by atoms with Crippen LogP contribution in [0.1, 0.15) is 21.7 Å². The van der Waals surface area contributed by atoms with Gasteiger partial charge >= 0.3 is 0 Å². The summed E-state index contributed by atoms with van der Waals surface area (Å²) >= 11 is 5.95. The van der Waals surface area contributed by atoms with E-state index in [0.29, 0.717) is 29.6 Å². The molecule has 1 aliphatic rings. The highest BCUT2D eigenvalue weighted by atomic mass is 35.5. The molecule has 1 fully saturated rings. The first kappa shape index (κ1) is 21.0. The van der Waals surface area contributed by atoms with E-state index >= 15 is 0 Å². The van der Waals surface area contributed by atoms with Crippen LogP contribution in [0, 0.1) is 6.92 Å². The number of carbonyl (C=O) groups excluding carboxylic acids is 1. The lowest BCUT2D eigenvalue weighted by Gasteiger charge is -2.28. The van der Waals surface area contributed by atoms with Crippen molar-refractivity contribution < 1.29 is 9.53 Å². The zero-order valence-electron chi connectivity index (χ0n) is 17.0. The Morgan fingerprint density at radius 2 is 1.90 bits per heavy atom. The molecule has 9 heteroatoms. The zero-order valence-corrected chi connectivity index (χ0v) is 17.8. The highest BCUT2D eigenvalue weighted by Gasteiger charge is 2.16. The van der Waals surface area contributed by atoms with E-state index in [4.69, 9.17) is 16.3 Å². The molecule has 0 unspecified atom stereocenters. The molecular formula is C22H22ClN5O3. The molecule has 0 spiro atoms. The van der Waals surface area contributed by atoms with Crippen LogP contribution in [0.5, 0.6) is 0 Å². The number of nitrogens with one attached hydrogen (secondary N) is 1. The quantitative estimate of drug-likeness (QED) is 0.656. The third-order valence-corrected chi connectivity index (χ3v) is 5.24. The molecule has 1 saturated heterocycles. The Morgan fingerprint density at radius 3 is 2.65 bits per heavy atom. The first-order valence-corrected chi connectivity index (χ1v) is 10.3. The number of ether oxygens (including phenoxy) is 1. The molecule has 2 aromatic heterocycles. The van der Waals surface area contributed by atoms with Crippen molar-refractivity contribution in [2.24, 2.45) is 0 Å². The van der Waals surface area contributed by atoms with Crippen LogP contribution in [-0.2, 0) is 11.3 Å². The standard InChI is InChI=1S/C22H22ClN5O3/c1-15-12-19(29)21(26-28(15)18-4-2-17(23)3-5-18)22(30)25-14-16-6-7-24-20(13-16)27-8-10-31-11-9-27/h2-7,12-13H,8-11,14H2,1H3,(H,25,30). The van der Waals surface area contributed by atoms with E-state index in [-0.39, 0.29) is 12.2 Å². The number of hydrogen-bond acceptors (Lipinski definition) is 6. The fourth-order valence-electron chi connectivity index (χ4n) is 3.35. The van der Waals surface area contributed by atoms with Crippen molar-refractivity contribution in [2.45, 2.75) is 13.5 Å². The number of aromatic nitrogens is 3. The van der Waals surface area contributed by atoms with E-state index in [2.05, 4.69) is 20.3 Å². The van der Waals surface area contributed by atoms with Gasteiger partial charge in [0.25, 0.3) is 5.91 Å². The molecule has 0 saturated carbocycles. The van der Waals surface area contributed by atoms with Gasteiger partial charge < -0.3 is 15.0 Å². The van der Waals surface area contributed by atoms with Crippen LogP contribution in [0.4, 0.5) is 5.82 Å². The highest BCUT2D eigenvalue weighted by molar-refractivity contribution is 6.30.